The average molecular weight is 416 g/mol. The van der Waals surface area contributed by atoms with Crippen LogP contribution >= 0.6 is 11.6 Å². The summed E-state index contributed by atoms with van der Waals surface area (Å²) < 4.78 is 29.6. The van der Waals surface area contributed by atoms with Gasteiger partial charge in [-0.15, -0.1) is 0 Å². The molecule has 0 aromatic heterocycles. The van der Waals surface area contributed by atoms with Gasteiger partial charge in [-0.1, -0.05) is 31.5 Å². The van der Waals surface area contributed by atoms with E-state index in [9.17, 15) is 23.3 Å². The summed E-state index contributed by atoms with van der Waals surface area (Å²) in [5.41, 5.74) is -0.911. The number of hydrogen-bond donors (Lipinski definition) is 1. The minimum atomic E-state index is -3.78. The normalized spacial score (nSPS) is 13.4. The number of halogens is 1. The molecule has 1 aromatic rings. The van der Waals surface area contributed by atoms with Crippen LogP contribution in [0.15, 0.2) is 24.3 Å². The maximum Gasteiger partial charge on any atom is 0.327 e. The highest BCUT2D eigenvalue weighted by Crippen LogP contribution is 2.21. The van der Waals surface area contributed by atoms with Crippen molar-refractivity contribution in [1.82, 2.24) is 5.32 Å². The van der Waals surface area contributed by atoms with Crippen LogP contribution in [0.3, 0.4) is 0 Å². The van der Waals surface area contributed by atoms with Gasteiger partial charge in [-0.25, -0.2) is 8.42 Å². The van der Waals surface area contributed by atoms with E-state index in [1.54, 1.807) is 32.9 Å². The van der Waals surface area contributed by atoms with Crippen LogP contribution in [0.5, 0.6) is 0 Å². The Balaban J connectivity index is 2.76. The summed E-state index contributed by atoms with van der Waals surface area (Å²) in [5, 5.41) is 12.0. The molecule has 0 spiro atoms. The molecule has 8 nitrogen and oxygen atoms in total. The average Bonchev–Trinajstić information content (AvgIpc) is 2.56. The number of anilines is 1. The molecule has 10 heteroatoms. The van der Waals surface area contributed by atoms with E-state index in [0.29, 0.717) is 5.02 Å². The van der Waals surface area contributed by atoms with Gasteiger partial charge in [0, 0.05) is 5.02 Å². The van der Waals surface area contributed by atoms with Gasteiger partial charge in [-0.2, -0.15) is 5.26 Å². The molecular formula is C17H22ClN3O5S. The van der Waals surface area contributed by atoms with E-state index in [2.05, 4.69) is 5.32 Å². The van der Waals surface area contributed by atoms with E-state index in [1.807, 2.05) is 6.07 Å². The zero-order chi connectivity index (χ0) is 20.8. The second-order valence-corrected chi connectivity index (χ2v) is 8.77. The summed E-state index contributed by atoms with van der Waals surface area (Å²) in [6.07, 6.45) is 0.939. The third-order valence-electron chi connectivity index (χ3n) is 3.92. The van der Waals surface area contributed by atoms with Crippen LogP contribution in [-0.2, 0) is 24.3 Å². The van der Waals surface area contributed by atoms with E-state index in [-0.39, 0.29) is 11.6 Å². The molecule has 1 amide bonds. The van der Waals surface area contributed by atoms with Crippen molar-refractivity contribution in [2.75, 3.05) is 23.7 Å². The first-order chi connectivity index (χ1) is 12.4. The third-order valence-corrected chi connectivity index (χ3v) is 5.30. The molecule has 0 aliphatic heterocycles. The standard InChI is InChI=1S/C17H22ClN3O5S/c1-12(2)17(3,11-19)20-15(22)10-26-16(23)9-21(27(4,24)25)14-7-5-6-13(18)8-14/h5-8,12H,9-10H2,1-4H3,(H,20,22)/t17-/m1/s1. The molecule has 0 bridgehead atoms. The van der Waals surface area contributed by atoms with Gasteiger partial charge < -0.3 is 10.1 Å². The number of nitrogens with zero attached hydrogens (tertiary/aromatic N) is 2. The zero-order valence-electron chi connectivity index (χ0n) is 15.5. The highest BCUT2D eigenvalue weighted by Gasteiger charge is 2.30. The molecule has 0 radical (unpaired) electrons. The van der Waals surface area contributed by atoms with Crippen molar-refractivity contribution in [3.8, 4) is 6.07 Å². The number of carbonyl (C=O) groups excluding carboxylic acids is 2. The Morgan fingerprint density at radius 3 is 2.52 bits per heavy atom. The summed E-state index contributed by atoms with van der Waals surface area (Å²) in [4.78, 5) is 24.0. The van der Waals surface area contributed by atoms with Gasteiger partial charge in [-0.05, 0) is 31.0 Å². The number of carbonyl (C=O) groups is 2. The quantitative estimate of drug-likeness (QED) is 0.646. The maximum atomic E-state index is 12.0. The molecular weight excluding hydrogens is 394 g/mol. The SMILES string of the molecule is CC(C)[C@@](C)(C#N)NC(=O)COC(=O)CN(c1cccc(Cl)c1)S(C)(=O)=O. The van der Waals surface area contributed by atoms with Crippen molar-refractivity contribution in [3.05, 3.63) is 29.3 Å². The highest BCUT2D eigenvalue weighted by molar-refractivity contribution is 7.92. The number of amides is 1. The monoisotopic (exact) mass is 415 g/mol. The van der Waals surface area contributed by atoms with Crippen LogP contribution in [0.25, 0.3) is 0 Å². The first-order valence-corrected chi connectivity index (χ1v) is 10.2. The van der Waals surface area contributed by atoms with Crippen molar-refractivity contribution in [1.29, 1.82) is 5.26 Å². The van der Waals surface area contributed by atoms with Crippen LogP contribution in [0, 0.1) is 17.2 Å². The minimum absolute atomic E-state index is 0.161. The number of nitriles is 1. The number of hydrogen-bond acceptors (Lipinski definition) is 6. The largest absolute Gasteiger partial charge is 0.454 e. The number of nitrogens with one attached hydrogen (secondary N) is 1. The van der Waals surface area contributed by atoms with Crippen molar-refractivity contribution in [3.63, 3.8) is 0 Å². The summed E-state index contributed by atoms with van der Waals surface area (Å²) in [7, 11) is -3.78. The first kappa shape index (κ1) is 22.7. The second-order valence-electron chi connectivity index (χ2n) is 6.43. The topological polar surface area (TPSA) is 117 Å². The molecule has 0 aliphatic rings. The molecule has 0 aliphatic carbocycles. The summed E-state index contributed by atoms with van der Waals surface area (Å²) in [6, 6.07) is 7.98. The van der Waals surface area contributed by atoms with Gasteiger partial charge in [-0.3, -0.25) is 13.9 Å². The highest BCUT2D eigenvalue weighted by atomic mass is 35.5. The number of benzene rings is 1. The fraction of sp³-hybridized carbons (Fsp3) is 0.471. The number of rotatable bonds is 8. The predicted molar refractivity (Wildman–Crippen MR) is 102 cm³/mol. The van der Waals surface area contributed by atoms with Gasteiger partial charge in [0.25, 0.3) is 5.91 Å². The Morgan fingerprint density at radius 1 is 1.41 bits per heavy atom. The smallest absolute Gasteiger partial charge is 0.327 e. The second kappa shape index (κ2) is 9.06. The van der Waals surface area contributed by atoms with E-state index < -0.39 is 40.6 Å². The fourth-order valence-electron chi connectivity index (χ4n) is 1.97. The Labute approximate surface area is 164 Å². The molecule has 0 unspecified atom stereocenters. The van der Waals surface area contributed by atoms with E-state index >= 15 is 0 Å². The van der Waals surface area contributed by atoms with Gasteiger partial charge in [0.2, 0.25) is 10.0 Å². The van der Waals surface area contributed by atoms with Crippen LogP contribution in [0.1, 0.15) is 20.8 Å². The van der Waals surface area contributed by atoms with E-state index in [0.717, 1.165) is 10.6 Å². The molecule has 148 valence electrons. The maximum absolute atomic E-state index is 12.0. The molecule has 1 aromatic carbocycles. The van der Waals surface area contributed by atoms with Crippen LogP contribution in [-0.4, -0.2) is 45.2 Å². The van der Waals surface area contributed by atoms with Crippen molar-refractivity contribution in [2.45, 2.75) is 26.3 Å². The molecule has 1 atom stereocenters. The van der Waals surface area contributed by atoms with Gasteiger partial charge >= 0.3 is 5.97 Å². The molecule has 0 saturated heterocycles. The van der Waals surface area contributed by atoms with Gasteiger partial charge in [0.05, 0.1) is 18.0 Å². The lowest BCUT2D eigenvalue weighted by Gasteiger charge is -2.27. The van der Waals surface area contributed by atoms with Gasteiger partial charge in [0.15, 0.2) is 6.61 Å². The van der Waals surface area contributed by atoms with Crippen LogP contribution in [0.2, 0.25) is 5.02 Å². The lowest BCUT2D eigenvalue weighted by molar-refractivity contribution is -0.147. The molecule has 0 saturated carbocycles. The van der Waals surface area contributed by atoms with Crippen molar-refractivity contribution < 1.29 is 22.7 Å². The molecule has 0 heterocycles. The fourth-order valence-corrected chi connectivity index (χ4v) is 2.99. The predicted octanol–water partition coefficient (Wildman–Crippen LogP) is 1.70. The summed E-state index contributed by atoms with van der Waals surface area (Å²) in [6.45, 7) is 3.85. The third kappa shape index (κ3) is 6.73. The Bertz CT molecular complexity index is 850. The summed E-state index contributed by atoms with van der Waals surface area (Å²) >= 11 is 5.86. The summed E-state index contributed by atoms with van der Waals surface area (Å²) in [5.74, 6) is -1.74. The number of sulfonamides is 1. The Hall–Kier alpha value is -2.31. The lowest BCUT2D eigenvalue weighted by Crippen LogP contribution is -2.50. The van der Waals surface area contributed by atoms with E-state index in [4.69, 9.17) is 16.3 Å². The molecule has 0 fully saturated rings. The van der Waals surface area contributed by atoms with Crippen LogP contribution in [0.4, 0.5) is 5.69 Å². The van der Waals surface area contributed by atoms with Crippen LogP contribution < -0.4 is 9.62 Å². The van der Waals surface area contributed by atoms with Crippen molar-refractivity contribution >= 4 is 39.2 Å². The molecule has 1 N–H and O–H groups in total. The molecule has 27 heavy (non-hydrogen) atoms. The van der Waals surface area contributed by atoms with E-state index in [1.165, 1.54) is 12.1 Å². The first-order valence-electron chi connectivity index (χ1n) is 8.00. The molecule has 1 rings (SSSR count). The number of ether oxygens (including phenoxy) is 1. The van der Waals surface area contributed by atoms with Gasteiger partial charge in [0.1, 0.15) is 12.1 Å². The Kier molecular flexibility index (Phi) is 7.63. The lowest BCUT2D eigenvalue weighted by atomic mass is 9.90. The number of esters is 1. The zero-order valence-corrected chi connectivity index (χ0v) is 17.1. The Morgan fingerprint density at radius 2 is 2.04 bits per heavy atom. The van der Waals surface area contributed by atoms with Crippen molar-refractivity contribution in [2.24, 2.45) is 5.92 Å². The minimum Gasteiger partial charge on any atom is -0.454 e.